The summed E-state index contributed by atoms with van der Waals surface area (Å²) in [6, 6.07) is 0.224. The summed E-state index contributed by atoms with van der Waals surface area (Å²) in [7, 11) is 0. The molecule has 0 bridgehead atoms. The van der Waals surface area contributed by atoms with Gasteiger partial charge < -0.3 is 11.1 Å². The van der Waals surface area contributed by atoms with E-state index in [9.17, 15) is 4.48 Å². The van der Waals surface area contributed by atoms with Gasteiger partial charge in [0.25, 0.3) is 0 Å². The molecule has 0 radical (unpaired) electrons. The van der Waals surface area contributed by atoms with Gasteiger partial charge in [-0.25, -0.2) is 0 Å². The first kappa shape index (κ1) is 7.84. The van der Waals surface area contributed by atoms with Crippen molar-refractivity contribution in [2.24, 2.45) is 0 Å². The second-order valence-corrected chi connectivity index (χ2v) is 2.60. The molecule has 0 amide bonds. The number of aromatic nitrogens is 2. The minimum Gasteiger partial charge on any atom is -0.380 e. The van der Waals surface area contributed by atoms with E-state index >= 15 is 0 Å². The van der Waals surface area contributed by atoms with E-state index in [-0.39, 0.29) is 16.8 Å². The molecule has 0 unspecified atom stereocenters. The Bertz CT molecular complexity index is 243. The van der Waals surface area contributed by atoms with E-state index in [2.05, 4.69) is 10.4 Å². The summed E-state index contributed by atoms with van der Waals surface area (Å²) < 4.78 is 12.4. The predicted octanol–water partition coefficient (Wildman–Crippen LogP) is 1.02. The third-order valence-corrected chi connectivity index (χ3v) is 1.21. The van der Waals surface area contributed by atoms with Crippen molar-refractivity contribution in [3.8, 4) is 0 Å². The van der Waals surface area contributed by atoms with Crippen molar-refractivity contribution in [3.05, 3.63) is 6.20 Å². The van der Waals surface area contributed by atoms with Gasteiger partial charge in [-0.2, -0.15) is 0 Å². The second kappa shape index (κ2) is 2.77. The lowest BCUT2D eigenvalue weighted by molar-refractivity contribution is 0.324. The summed E-state index contributed by atoms with van der Waals surface area (Å²) in [5.41, 5.74) is 5.84. The molecule has 4 nitrogen and oxygen atoms in total. The predicted molar refractivity (Wildman–Crippen MR) is 41.9 cm³/mol. The van der Waals surface area contributed by atoms with E-state index in [1.807, 2.05) is 13.8 Å². The molecule has 1 rings (SSSR count). The van der Waals surface area contributed by atoms with Crippen LogP contribution < -0.4 is 11.1 Å². The maximum absolute atomic E-state index is 12.4. The molecule has 1 aromatic heterocycles. The lowest BCUT2D eigenvalue weighted by Crippen LogP contribution is -2.10. The van der Waals surface area contributed by atoms with Crippen molar-refractivity contribution < 1.29 is 4.48 Å². The summed E-state index contributed by atoms with van der Waals surface area (Å²) in [6.07, 6.45) is 1.36. The molecule has 0 aromatic carbocycles. The van der Waals surface area contributed by atoms with E-state index < -0.39 is 0 Å². The molecule has 11 heavy (non-hydrogen) atoms. The van der Waals surface area contributed by atoms with Gasteiger partial charge in [-0.3, -0.25) is 0 Å². The Labute approximate surface area is 64.1 Å². The van der Waals surface area contributed by atoms with Crippen LogP contribution in [0.25, 0.3) is 0 Å². The molecule has 0 aliphatic rings. The molecule has 0 aliphatic heterocycles. The Morgan fingerprint density at radius 2 is 2.36 bits per heavy atom. The number of hydrogen-bond donors (Lipinski definition) is 2. The molecule has 0 fully saturated rings. The topological polar surface area (TPSA) is 55.9 Å². The number of anilines is 2. The fraction of sp³-hybridized carbons (Fsp3) is 0.500. The molecule has 5 heteroatoms. The molecule has 0 aliphatic carbocycles. The highest BCUT2D eigenvalue weighted by Crippen LogP contribution is 2.17. The van der Waals surface area contributed by atoms with E-state index in [4.69, 9.17) is 5.73 Å². The van der Waals surface area contributed by atoms with Gasteiger partial charge in [0.15, 0.2) is 5.82 Å². The number of nitrogens with zero attached hydrogens (tertiary/aromatic N) is 2. The quantitative estimate of drug-likeness (QED) is 0.675. The summed E-state index contributed by atoms with van der Waals surface area (Å²) in [5, 5.41) is 6.28. The Morgan fingerprint density at radius 3 is 2.73 bits per heavy atom. The molecule has 62 valence electrons. The van der Waals surface area contributed by atoms with E-state index in [0.29, 0.717) is 5.69 Å². The third kappa shape index (κ3) is 1.60. The summed E-state index contributed by atoms with van der Waals surface area (Å²) in [5.74, 6) is 0.0127. The lowest BCUT2D eigenvalue weighted by atomic mass is 10.4. The number of nitrogens with two attached hydrogens (primary N) is 1. The minimum atomic E-state index is 0.0127. The summed E-state index contributed by atoms with van der Waals surface area (Å²) >= 11 is 0. The van der Waals surface area contributed by atoms with Crippen molar-refractivity contribution >= 4 is 11.5 Å². The van der Waals surface area contributed by atoms with Crippen LogP contribution >= 0.6 is 0 Å². The fourth-order valence-corrected chi connectivity index (χ4v) is 0.758. The number of nitrogen functional groups attached to an aromatic ring is 1. The monoisotopic (exact) mass is 158 g/mol. The first-order chi connectivity index (χ1) is 5.11. The zero-order valence-corrected chi connectivity index (χ0v) is 6.50. The smallest absolute Gasteiger partial charge is 0.180 e. The van der Waals surface area contributed by atoms with Gasteiger partial charge in [-0.05, 0) is 13.8 Å². The van der Waals surface area contributed by atoms with Crippen LogP contribution in [0.4, 0.5) is 16.0 Å². The van der Waals surface area contributed by atoms with Crippen molar-refractivity contribution in [3.63, 3.8) is 0 Å². The maximum Gasteiger partial charge on any atom is 0.180 e. The molecular formula is C6H11FN4. The van der Waals surface area contributed by atoms with Gasteiger partial charge in [0.05, 0.1) is 6.20 Å². The van der Waals surface area contributed by atoms with E-state index in [1.165, 1.54) is 6.20 Å². The van der Waals surface area contributed by atoms with Crippen LogP contribution in [0.15, 0.2) is 6.20 Å². The highest BCUT2D eigenvalue weighted by atomic mass is 19.2. The molecule has 3 N–H and O–H groups in total. The number of rotatable bonds is 2. The zero-order chi connectivity index (χ0) is 8.43. The van der Waals surface area contributed by atoms with Gasteiger partial charge in [-0.15, -0.1) is 5.10 Å². The third-order valence-electron chi connectivity index (χ3n) is 1.21. The maximum atomic E-state index is 12.4. The first-order valence-corrected chi connectivity index (χ1v) is 3.37. The SMILES string of the molecule is CC(C)Nc1cnn(F)c1N. The number of nitrogens with one attached hydrogen (secondary N) is 1. The Morgan fingerprint density at radius 1 is 1.73 bits per heavy atom. The van der Waals surface area contributed by atoms with E-state index in [1.54, 1.807) is 0 Å². The zero-order valence-electron chi connectivity index (χ0n) is 6.50. The Hall–Kier alpha value is -1.26. The first-order valence-electron chi connectivity index (χ1n) is 3.37. The van der Waals surface area contributed by atoms with Crippen molar-refractivity contribution in [2.75, 3.05) is 11.1 Å². The van der Waals surface area contributed by atoms with Crippen LogP contribution in [0.2, 0.25) is 0 Å². The van der Waals surface area contributed by atoms with Crippen LogP contribution in [-0.2, 0) is 0 Å². The van der Waals surface area contributed by atoms with Gasteiger partial charge in [-0.1, -0.05) is 9.39 Å². The number of hydrogen-bond acceptors (Lipinski definition) is 3. The van der Waals surface area contributed by atoms with Gasteiger partial charge >= 0.3 is 0 Å². The largest absolute Gasteiger partial charge is 0.380 e. The van der Waals surface area contributed by atoms with Crippen LogP contribution in [0, 0.1) is 0 Å². The highest BCUT2D eigenvalue weighted by Gasteiger charge is 2.06. The van der Waals surface area contributed by atoms with Gasteiger partial charge in [0.2, 0.25) is 0 Å². The Balaban J connectivity index is 2.79. The lowest BCUT2D eigenvalue weighted by Gasteiger charge is -2.06. The molecule has 1 aromatic rings. The van der Waals surface area contributed by atoms with Gasteiger partial charge in [0.1, 0.15) is 5.69 Å². The normalized spacial score (nSPS) is 10.5. The summed E-state index contributed by atoms with van der Waals surface area (Å²) in [4.78, 5) is 0.144. The molecule has 0 saturated heterocycles. The van der Waals surface area contributed by atoms with Crippen LogP contribution in [0.5, 0.6) is 0 Å². The number of halogens is 1. The minimum absolute atomic E-state index is 0.0127. The van der Waals surface area contributed by atoms with Crippen molar-refractivity contribution in [2.45, 2.75) is 19.9 Å². The molecule has 0 saturated carbocycles. The standard InChI is InChI=1S/C6H11FN4/c1-4(2)10-5-3-9-11(7)6(5)8/h3-4,10H,8H2,1-2H3. The van der Waals surface area contributed by atoms with Crippen LogP contribution in [0.1, 0.15) is 13.8 Å². The van der Waals surface area contributed by atoms with Crippen molar-refractivity contribution in [1.82, 2.24) is 10.0 Å². The van der Waals surface area contributed by atoms with Crippen molar-refractivity contribution in [1.29, 1.82) is 0 Å². The summed E-state index contributed by atoms with van der Waals surface area (Å²) in [6.45, 7) is 3.88. The Kier molecular flexibility index (Phi) is 1.98. The average molecular weight is 158 g/mol. The van der Waals surface area contributed by atoms with Crippen LogP contribution in [-0.4, -0.2) is 16.0 Å². The highest BCUT2D eigenvalue weighted by molar-refractivity contribution is 5.60. The molecule has 0 spiro atoms. The molecule has 1 heterocycles. The molecule has 0 atom stereocenters. The van der Waals surface area contributed by atoms with Gasteiger partial charge in [0, 0.05) is 6.04 Å². The fourth-order valence-electron chi connectivity index (χ4n) is 0.758. The average Bonchev–Trinajstić information content (AvgIpc) is 2.18. The van der Waals surface area contributed by atoms with E-state index in [0.717, 1.165) is 0 Å². The van der Waals surface area contributed by atoms with Crippen LogP contribution in [0.3, 0.4) is 0 Å². The molecular weight excluding hydrogens is 147 g/mol. The second-order valence-electron chi connectivity index (χ2n) is 2.60.